The van der Waals surface area contributed by atoms with E-state index in [4.69, 9.17) is 0 Å². The van der Waals surface area contributed by atoms with Gasteiger partial charge in [-0.3, -0.25) is 4.79 Å². The molecule has 0 spiro atoms. The first-order valence-electron chi connectivity index (χ1n) is 7.65. The van der Waals surface area contributed by atoms with Crippen LogP contribution in [0.5, 0.6) is 0 Å². The van der Waals surface area contributed by atoms with E-state index in [0.29, 0.717) is 13.0 Å². The second-order valence-electron chi connectivity index (χ2n) is 5.95. The van der Waals surface area contributed by atoms with E-state index in [0.717, 1.165) is 16.1 Å². The fourth-order valence-electron chi connectivity index (χ4n) is 2.71. The third-order valence-corrected chi connectivity index (χ3v) is 6.95. The van der Waals surface area contributed by atoms with E-state index < -0.39 is 31.8 Å². The molecule has 24 heavy (non-hydrogen) atoms. The number of amides is 1. The molecule has 1 saturated heterocycles. The Kier molecular flexibility index (Phi) is 6.00. The summed E-state index contributed by atoms with van der Waals surface area (Å²) in [6.07, 6.45) is 1.87. The minimum absolute atomic E-state index is 0.0423. The molecule has 1 atom stereocenters. The number of hydrogen-bond acceptors (Lipinski definition) is 5. The summed E-state index contributed by atoms with van der Waals surface area (Å²) < 4.78 is 47.9. The summed E-state index contributed by atoms with van der Waals surface area (Å²) >= 11 is 0. The minimum atomic E-state index is -3.66. The van der Waals surface area contributed by atoms with Crippen molar-refractivity contribution < 1.29 is 21.6 Å². The van der Waals surface area contributed by atoms with Crippen LogP contribution in [0.15, 0.2) is 30.3 Å². The highest BCUT2D eigenvalue weighted by Crippen LogP contribution is 2.19. The van der Waals surface area contributed by atoms with Crippen LogP contribution in [0.4, 0.5) is 0 Å². The lowest BCUT2D eigenvalue weighted by molar-refractivity contribution is -0.121. The van der Waals surface area contributed by atoms with Gasteiger partial charge in [0, 0.05) is 12.6 Å². The third-order valence-electron chi connectivity index (χ3n) is 3.92. The number of nitrogens with one attached hydrogen (secondary N) is 1. The summed E-state index contributed by atoms with van der Waals surface area (Å²) in [7, 11) is -6.89. The molecule has 134 valence electrons. The highest BCUT2D eigenvalue weighted by molar-refractivity contribution is 7.92. The molecule has 9 heteroatoms. The maximum Gasteiger partial charge on any atom is 0.235 e. The Morgan fingerprint density at radius 2 is 1.96 bits per heavy atom. The van der Waals surface area contributed by atoms with Crippen molar-refractivity contribution in [2.45, 2.75) is 18.9 Å². The van der Waals surface area contributed by atoms with Gasteiger partial charge >= 0.3 is 0 Å². The number of rotatable bonds is 7. The lowest BCUT2D eigenvalue weighted by Crippen LogP contribution is -2.46. The quantitative estimate of drug-likeness (QED) is 0.712. The first kappa shape index (κ1) is 18.9. The molecule has 1 N–H and O–H groups in total. The molecule has 0 aliphatic carbocycles. The Morgan fingerprint density at radius 1 is 1.29 bits per heavy atom. The lowest BCUT2D eigenvalue weighted by atomic mass is 10.1. The Labute approximate surface area is 143 Å². The number of hydrogen-bond donors (Lipinski definition) is 1. The lowest BCUT2D eigenvalue weighted by Gasteiger charge is -2.24. The monoisotopic (exact) mass is 374 g/mol. The van der Waals surface area contributed by atoms with Crippen molar-refractivity contribution in [2.24, 2.45) is 0 Å². The average molecular weight is 374 g/mol. The normalized spacial score (nSPS) is 20.2. The van der Waals surface area contributed by atoms with Crippen LogP contribution in [-0.2, 0) is 31.1 Å². The number of sulfonamides is 1. The fourth-order valence-corrected chi connectivity index (χ4v) is 5.61. The van der Waals surface area contributed by atoms with Crippen molar-refractivity contribution >= 4 is 25.8 Å². The van der Waals surface area contributed by atoms with E-state index in [1.54, 1.807) is 0 Å². The van der Waals surface area contributed by atoms with Gasteiger partial charge in [-0.25, -0.2) is 16.8 Å². The van der Waals surface area contributed by atoms with E-state index in [1.165, 1.54) is 0 Å². The zero-order chi connectivity index (χ0) is 17.8. The first-order chi connectivity index (χ1) is 11.2. The Hall–Kier alpha value is -1.45. The zero-order valence-corrected chi connectivity index (χ0v) is 15.1. The van der Waals surface area contributed by atoms with Crippen LogP contribution in [0, 0.1) is 0 Å². The van der Waals surface area contributed by atoms with Crippen molar-refractivity contribution in [1.82, 2.24) is 9.62 Å². The van der Waals surface area contributed by atoms with E-state index in [-0.39, 0.29) is 24.5 Å². The Bertz CT molecular complexity index is 775. The van der Waals surface area contributed by atoms with E-state index in [2.05, 4.69) is 5.32 Å². The first-order valence-corrected chi connectivity index (χ1v) is 11.3. The largest absolute Gasteiger partial charge is 0.355 e. The van der Waals surface area contributed by atoms with Gasteiger partial charge in [0.05, 0.1) is 24.3 Å². The van der Waals surface area contributed by atoms with Crippen LogP contribution in [0.3, 0.4) is 0 Å². The molecular weight excluding hydrogens is 352 g/mol. The molecule has 1 aliphatic rings. The molecular formula is C15H22N2O5S2. The van der Waals surface area contributed by atoms with E-state index in [1.807, 2.05) is 30.3 Å². The molecule has 0 bridgehead atoms. The predicted octanol–water partition coefficient (Wildman–Crippen LogP) is -0.206. The molecule has 0 radical (unpaired) electrons. The molecule has 1 aromatic rings. The molecule has 7 nitrogen and oxygen atoms in total. The summed E-state index contributed by atoms with van der Waals surface area (Å²) in [5, 5.41) is 2.68. The van der Waals surface area contributed by atoms with Gasteiger partial charge in [0.2, 0.25) is 15.9 Å². The van der Waals surface area contributed by atoms with Crippen molar-refractivity contribution in [1.29, 1.82) is 0 Å². The van der Waals surface area contributed by atoms with Gasteiger partial charge in [-0.05, 0) is 18.4 Å². The summed E-state index contributed by atoms with van der Waals surface area (Å²) in [5.74, 6) is -0.697. The van der Waals surface area contributed by atoms with Gasteiger partial charge in [0.1, 0.15) is 0 Å². The maximum atomic E-state index is 12.0. The predicted molar refractivity (Wildman–Crippen MR) is 91.8 cm³/mol. The van der Waals surface area contributed by atoms with Gasteiger partial charge in [-0.1, -0.05) is 30.3 Å². The number of nitrogens with zero attached hydrogens (tertiary/aromatic N) is 1. The van der Waals surface area contributed by atoms with Crippen LogP contribution >= 0.6 is 0 Å². The van der Waals surface area contributed by atoms with E-state index >= 15 is 0 Å². The number of sulfone groups is 1. The van der Waals surface area contributed by atoms with Gasteiger partial charge in [0.15, 0.2) is 9.84 Å². The summed E-state index contributed by atoms with van der Waals surface area (Å²) in [4.78, 5) is 12.0. The highest BCUT2D eigenvalue weighted by atomic mass is 32.2. The number of benzene rings is 1. The fraction of sp³-hybridized carbons (Fsp3) is 0.533. The number of carbonyl (C=O) groups excluding carboxylic acids is 1. The van der Waals surface area contributed by atoms with Gasteiger partial charge in [-0.15, -0.1) is 0 Å². The van der Waals surface area contributed by atoms with E-state index in [9.17, 15) is 21.6 Å². The second-order valence-corrected chi connectivity index (χ2v) is 10.1. The number of carbonyl (C=O) groups is 1. The van der Waals surface area contributed by atoms with Gasteiger partial charge in [-0.2, -0.15) is 4.31 Å². The molecule has 1 unspecified atom stereocenters. The van der Waals surface area contributed by atoms with Crippen LogP contribution in [-0.4, -0.2) is 63.9 Å². The molecule has 0 aromatic heterocycles. The molecule has 1 heterocycles. The summed E-state index contributed by atoms with van der Waals surface area (Å²) in [5.41, 5.74) is 1.07. The summed E-state index contributed by atoms with van der Waals surface area (Å²) in [6.45, 7) is 0.0389. The SMILES string of the molecule is CS(=O)(=O)N(CC(=O)NCCc1ccccc1)C1CCS(=O)(=O)C1. The maximum absolute atomic E-state index is 12.0. The highest BCUT2D eigenvalue weighted by Gasteiger charge is 2.37. The summed E-state index contributed by atoms with van der Waals surface area (Å²) in [6, 6.07) is 8.94. The second kappa shape index (κ2) is 7.62. The van der Waals surface area contributed by atoms with Crippen molar-refractivity contribution in [2.75, 3.05) is 30.9 Å². The molecule has 0 saturated carbocycles. The standard InChI is InChI=1S/C15H22N2O5S2/c1-23(19,20)17(14-8-10-24(21,22)12-14)11-15(18)16-9-7-13-5-3-2-4-6-13/h2-6,14H,7-12H2,1H3,(H,16,18). The van der Waals surface area contributed by atoms with Crippen LogP contribution in [0.25, 0.3) is 0 Å². The molecule has 1 fully saturated rings. The smallest absolute Gasteiger partial charge is 0.235 e. The average Bonchev–Trinajstić information content (AvgIpc) is 2.84. The van der Waals surface area contributed by atoms with Gasteiger partial charge in [0.25, 0.3) is 0 Å². The third kappa shape index (κ3) is 5.57. The molecule has 1 aliphatic heterocycles. The van der Waals surface area contributed by atoms with Crippen LogP contribution in [0.1, 0.15) is 12.0 Å². The van der Waals surface area contributed by atoms with Crippen LogP contribution < -0.4 is 5.32 Å². The van der Waals surface area contributed by atoms with Crippen molar-refractivity contribution in [3.05, 3.63) is 35.9 Å². The minimum Gasteiger partial charge on any atom is -0.355 e. The van der Waals surface area contributed by atoms with Gasteiger partial charge < -0.3 is 5.32 Å². The topological polar surface area (TPSA) is 101 Å². The van der Waals surface area contributed by atoms with Crippen molar-refractivity contribution in [3.8, 4) is 0 Å². The molecule has 1 amide bonds. The zero-order valence-electron chi connectivity index (χ0n) is 13.5. The van der Waals surface area contributed by atoms with Crippen molar-refractivity contribution in [3.63, 3.8) is 0 Å². The van der Waals surface area contributed by atoms with Crippen LogP contribution in [0.2, 0.25) is 0 Å². The Balaban J connectivity index is 1.91. The molecule has 1 aromatic carbocycles. The molecule has 2 rings (SSSR count). The Morgan fingerprint density at radius 3 is 2.50 bits per heavy atom.